The van der Waals surface area contributed by atoms with Crippen molar-refractivity contribution in [3.05, 3.63) is 34.5 Å². The molecule has 0 unspecified atom stereocenters. The number of sulfonamides is 1. The van der Waals surface area contributed by atoms with Crippen molar-refractivity contribution in [1.82, 2.24) is 0 Å². The van der Waals surface area contributed by atoms with Gasteiger partial charge in [0.15, 0.2) is 0 Å². The van der Waals surface area contributed by atoms with Crippen molar-refractivity contribution < 1.29 is 13.2 Å². The predicted octanol–water partition coefficient (Wildman–Crippen LogP) is 1.60. The molecule has 6 nitrogen and oxygen atoms in total. The van der Waals surface area contributed by atoms with Crippen LogP contribution in [0.3, 0.4) is 0 Å². The first-order valence-electron chi connectivity index (χ1n) is 5.68. The quantitative estimate of drug-likeness (QED) is 0.777. The Kier molecular flexibility index (Phi) is 4.17. The largest absolute Gasteiger partial charge is 0.495 e. The lowest BCUT2D eigenvalue weighted by atomic mass is 10.3. The summed E-state index contributed by atoms with van der Waals surface area (Å²) in [6.07, 6.45) is 0. The first kappa shape index (κ1) is 14.6. The molecule has 0 saturated carbocycles. The van der Waals surface area contributed by atoms with Crippen molar-refractivity contribution in [2.45, 2.75) is 11.4 Å². The van der Waals surface area contributed by atoms with Gasteiger partial charge in [-0.25, -0.2) is 13.6 Å². The van der Waals surface area contributed by atoms with Gasteiger partial charge in [0.2, 0.25) is 10.0 Å². The minimum absolute atomic E-state index is 0.0277. The molecule has 1 heterocycles. The van der Waals surface area contributed by atoms with E-state index in [0.717, 1.165) is 4.88 Å². The van der Waals surface area contributed by atoms with Crippen molar-refractivity contribution in [2.24, 2.45) is 5.14 Å². The van der Waals surface area contributed by atoms with Gasteiger partial charge in [-0.05, 0) is 29.6 Å². The highest BCUT2D eigenvalue weighted by Crippen LogP contribution is 2.28. The fraction of sp³-hybridized carbons (Fsp3) is 0.167. The van der Waals surface area contributed by atoms with E-state index in [0.29, 0.717) is 23.7 Å². The number of hydrogen-bond acceptors (Lipinski definition) is 6. The highest BCUT2D eigenvalue weighted by Gasteiger charge is 2.12. The highest BCUT2D eigenvalue weighted by atomic mass is 32.2. The number of methoxy groups -OCH3 is 1. The molecule has 8 heteroatoms. The van der Waals surface area contributed by atoms with Gasteiger partial charge in [0.05, 0.1) is 24.2 Å². The number of nitrogen functional groups attached to an aromatic ring is 1. The Morgan fingerprint density at radius 1 is 1.35 bits per heavy atom. The van der Waals surface area contributed by atoms with Crippen LogP contribution in [0.2, 0.25) is 0 Å². The summed E-state index contributed by atoms with van der Waals surface area (Å²) in [5.41, 5.74) is 7.04. The Morgan fingerprint density at radius 3 is 2.65 bits per heavy atom. The van der Waals surface area contributed by atoms with E-state index in [2.05, 4.69) is 5.32 Å². The van der Waals surface area contributed by atoms with Crippen LogP contribution in [0.1, 0.15) is 4.88 Å². The van der Waals surface area contributed by atoms with Crippen molar-refractivity contribution in [2.75, 3.05) is 18.2 Å². The van der Waals surface area contributed by atoms with E-state index in [-0.39, 0.29) is 4.90 Å². The molecule has 0 spiro atoms. The fourth-order valence-corrected chi connectivity index (χ4v) is 2.95. The Hall–Kier alpha value is -1.77. The molecule has 2 aromatic rings. The maximum atomic E-state index is 11.4. The van der Waals surface area contributed by atoms with Gasteiger partial charge < -0.3 is 15.8 Å². The maximum Gasteiger partial charge on any atom is 0.238 e. The van der Waals surface area contributed by atoms with Gasteiger partial charge in [-0.15, -0.1) is 11.3 Å². The Balaban J connectivity index is 2.27. The van der Waals surface area contributed by atoms with Gasteiger partial charge in [-0.2, -0.15) is 0 Å². The minimum Gasteiger partial charge on any atom is -0.495 e. The molecule has 5 N–H and O–H groups in total. The first-order valence-corrected chi connectivity index (χ1v) is 8.11. The third kappa shape index (κ3) is 3.21. The number of hydrogen-bond donors (Lipinski definition) is 3. The van der Waals surface area contributed by atoms with Crippen molar-refractivity contribution in [3.63, 3.8) is 0 Å². The number of anilines is 2. The molecule has 0 atom stereocenters. The average Bonchev–Trinajstić information content (AvgIpc) is 2.80. The van der Waals surface area contributed by atoms with E-state index in [1.54, 1.807) is 6.07 Å². The van der Waals surface area contributed by atoms with E-state index in [1.165, 1.54) is 30.6 Å². The van der Waals surface area contributed by atoms with Gasteiger partial charge in [0, 0.05) is 10.6 Å². The summed E-state index contributed by atoms with van der Waals surface area (Å²) in [5, 5.41) is 10.1. The van der Waals surface area contributed by atoms with Crippen LogP contribution in [0.5, 0.6) is 5.75 Å². The second-order valence-corrected chi connectivity index (χ2v) is 6.62. The number of ether oxygens (including phenoxy) is 1. The van der Waals surface area contributed by atoms with Crippen molar-refractivity contribution >= 4 is 32.7 Å². The number of nitrogens with one attached hydrogen (secondary N) is 1. The van der Waals surface area contributed by atoms with Crippen molar-refractivity contribution in [1.29, 1.82) is 0 Å². The first-order chi connectivity index (χ1) is 9.41. The van der Waals surface area contributed by atoms with Crippen LogP contribution in [-0.4, -0.2) is 15.5 Å². The van der Waals surface area contributed by atoms with Crippen LogP contribution in [-0.2, 0) is 16.6 Å². The smallest absolute Gasteiger partial charge is 0.238 e. The Labute approximate surface area is 121 Å². The lowest BCUT2D eigenvalue weighted by molar-refractivity contribution is 0.416. The van der Waals surface area contributed by atoms with Gasteiger partial charge in [0.25, 0.3) is 0 Å². The molecule has 20 heavy (non-hydrogen) atoms. The zero-order valence-electron chi connectivity index (χ0n) is 10.8. The summed E-state index contributed by atoms with van der Waals surface area (Å²) in [4.78, 5) is 0.994. The summed E-state index contributed by atoms with van der Waals surface area (Å²) < 4.78 is 27.9. The van der Waals surface area contributed by atoms with Crippen molar-refractivity contribution in [3.8, 4) is 5.75 Å². The average molecular weight is 313 g/mol. The fourth-order valence-electron chi connectivity index (χ4n) is 1.67. The summed E-state index contributed by atoms with van der Waals surface area (Å²) in [5.74, 6) is 0.535. The third-order valence-corrected chi connectivity index (χ3v) is 4.57. The number of rotatable bonds is 5. The molecule has 1 aromatic heterocycles. The molecule has 0 fully saturated rings. The minimum atomic E-state index is -3.75. The lowest BCUT2D eigenvalue weighted by Crippen LogP contribution is -2.13. The second-order valence-electron chi connectivity index (χ2n) is 4.06. The molecule has 108 valence electrons. The molecule has 0 aliphatic heterocycles. The number of benzene rings is 1. The van der Waals surface area contributed by atoms with E-state index in [9.17, 15) is 8.42 Å². The molecule has 2 rings (SSSR count). The van der Waals surface area contributed by atoms with Crippen LogP contribution in [0.25, 0.3) is 0 Å². The summed E-state index contributed by atoms with van der Waals surface area (Å²) in [7, 11) is -2.24. The van der Waals surface area contributed by atoms with Crippen LogP contribution >= 0.6 is 11.3 Å². The standard InChI is InChI=1S/C12H15N3O3S2/c1-18-11-3-2-8(20(14,16)17)6-10(11)15-7-12-9(13)4-5-19-12/h2-6,15H,7,13H2,1H3,(H2,14,16,17). The number of thiophene rings is 1. The second kappa shape index (κ2) is 5.70. The number of primary sulfonamides is 1. The highest BCUT2D eigenvalue weighted by molar-refractivity contribution is 7.89. The normalized spacial score (nSPS) is 11.3. The van der Waals surface area contributed by atoms with Crippen LogP contribution < -0.4 is 20.9 Å². The molecule has 0 aliphatic rings. The van der Waals surface area contributed by atoms with Gasteiger partial charge >= 0.3 is 0 Å². The third-order valence-electron chi connectivity index (χ3n) is 2.72. The summed E-state index contributed by atoms with van der Waals surface area (Å²) in [6, 6.07) is 6.22. The van der Waals surface area contributed by atoms with E-state index < -0.39 is 10.0 Å². The topological polar surface area (TPSA) is 107 Å². The molecule has 0 bridgehead atoms. The van der Waals surface area contributed by atoms with E-state index in [4.69, 9.17) is 15.6 Å². The predicted molar refractivity (Wildman–Crippen MR) is 80.4 cm³/mol. The molecular formula is C12H15N3O3S2. The summed E-state index contributed by atoms with van der Waals surface area (Å²) >= 11 is 1.52. The summed E-state index contributed by atoms with van der Waals surface area (Å²) in [6.45, 7) is 0.480. The Bertz CT molecular complexity index is 710. The van der Waals surface area contributed by atoms with Crippen LogP contribution in [0.4, 0.5) is 11.4 Å². The molecule has 1 aromatic carbocycles. The van der Waals surface area contributed by atoms with Crippen LogP contribution in [0, 0.1) is 0 Å². The molecule has 0 saturated heterocycles. The zero-order chi connectivity index (χ0) is 14.8. The lowest BCUT2D eigenvalue weighted by Gasteiger charge is -2.12. The molecule has 0 amide bonds. The van der Waals surface area contributed by atoms with E-state index >= 15 is 0 Å². The van der Waals surface area contributed by atoms with Gasteiger partial charge in [-0.1, -0.05) is 0 Å². The maximum absolute atomic E-state index is 11.4. The van der Waals surface area contributed by atoms with E-state index in [1.807, 2.05) is 11.4 Å². The molecule has 0 aliphatic carbocycles. The van der Waals surface area contributed by atoms with Gasteiger partial charge in [0.1, 0.15) is 5.75 Å². The molecular weight excluding hydrogens is 298 g/mol. The SMILES string of the molecule is COc1ccc(S(N)(=O)=O)cc1NCc1sccc1N. The monoisotopic (exact) mass is 313 g/mol. The van der Waals surface area contributed by atoms with Crippen LogP contribution in [0.15, 0.2) is 34.5 Å². The molecule has 0 radical (unpaired) electrons. The van der Waals surface area contributed by atoms with Gasteiger partial charge in [-0.3, -0.25) is 0 Å². The zero-order valence-corrected chi connectivity index (χ0v) is 12.4. The Morgan fingerprint density at radius 2 is 2.10 bits per heavy atom. The number of nitrogens with two attached hydrogens (primary N) is 2.